The first-order valence-electron chi connectivity index (χ1n) is 5.14. The summed E-state index contributed by atoms with van der Waals surface area (Å²) in [5.41, 5.74) is 8.74. The molecule has 0 bridgehead atoms. The Labute approximate surface area is 93.1 Å². The van der Waals surface area contributed by atoms with Crippen LogP contribution in [0.25, 0.3) is 16.6 Å². The van der Waals surface area contributed by atoms with Crippen molar-refractivity contribution in [2.75, 3.05) is 5.73 Å². The average Bonchev–Trinajstić information content (AvgIpc) is 2.75. The van der Waals surface area contributed by atoms with Gasteiger partial charge in [-0.05, 0) is 24.3 Å². The lowest BCUT2D eigenvalue weighted by atomic mass is 10.2. The van der Waals surface area contributed by atoms with Crippen LogP contribution in [0.1, 0.15) is 0 Å². The lowest BCUT2D eigenvalue weighted by Gasteiger charge is -2.03. The molecule has 3 nitrogen and oxygen atoms in total. The van der Waals surface area contributed by atoms with Crippen molar-refractivity contribution in [1.82, 2.24) is 9.78 Å². The molecule has 0 spiro atoms. The van der Waals surface area contributed by atoms with Crippen LogP contribution in [0.4, 0.5) is 5.69 Å². The number of nitrogen functional groups attached to an aromatic ring is 1. The highest BCUT2D eigenvalue weighted by Gasteiger charge is 2.05. The van der Waals surface area contributed by atoms with Crippen LogP contribution in [0, 0.1) is 0 Å². The molecule has 1 heterocycles. The minimum Gasteiger partial charge on any atom is -0.398 e. The second-order valence-corrected chi connectivity index (χ2v) is 3.67. The van der Waals surface area contributed by atoms with Crippen molar-refractivity contribution in [2.45, 2.75) is 0 Å². The molecule has 0 atom stereocenters. The lowest BCUT2D eigenvalue weighted by molar-refractivity contribution is 0.911. The maximum absolute atomic E-state index is 5.89. The van der Waals surface area contributed by atoms with E-state index < -0.39 is 0 Å². The Hall–Kier alpha value is -2.29. The first kappa shape index (κ1) is 8.97. The fourth-order valence-electron chi connectivity index (χ4n) is 1.85. The van der Waals surface area contributed by atoms with Crippen molar-refractivity contribution in [2.24, 2.45) is 0 Å². The van der Waals surface area contributed by atoms with E-state index in [1.54, 1.807) is 6.20 Å². The first-order valence-corrected chi connectivity index (χ1v) is 5.14. The Morgan fingerprint density at radius 3 is 2.56 bits per heavy atom. The van der Waals surface area contributed by atoms with Crippen LogP contribution in [0.5, 0.6) is 0 Å². The van der Waals surface area contributed by atoms with Crippen molar-refractivity contribution in [1.29, 1.82) is 0 Å². The van der Waals surface area contributed by atoms with E-state index in [1.165, 1.54) is 0 Å². The Morgan fingerprint density at radius 1 is 0.938 bits per heavy atom. The molecule has 3 aromatic rings. The van der Waals surface area contributed by atoms with Gasteiger partial charge in [-0.2, -0.15) is 5.10 Å². The van der Waals surface area contributed by atoms with Gasteiger partial charge in [-0.25, -0.2) is 4.68 Å². The number of benzene rings is 2. The number of anilines is 1. The second kappa shape index (κ2) is 3.38. The lowest BCUT2D eigenvalue weighted by Crippen LogP contribution is -1.95. The summed E-state index contributed by atoms with van der Waals surface area (Å²) in [6, 6.07) is 15.9. The summed E-state index contributed by atoms with van der Waals surface area (Å²) in [7, 11) is 0. The normalized spacial score (nSPS) is 10.8. The van der Waals surface area contributed by atoms with E-state index in [4.69, 9.17) is 5.73 Å². The average molecular weight is 209 g/mol. The molecule has 78 valence electrons. The number of nitrogens with zero attached hydrogens (tertiary/aromatic N) is 2. The predicted molar refractivity (Wildman–Crippen MR) is 65.5 cm³/mol. The van der Waals surface area contributed by atoms with Crippen molar-refractivity contribution in [3.63, 3.8) is 0 Å². The Bertz CT molecular complexity index is 626. The monoisotopic (exact) mass is 209 g/mol. The molecule has 0 amide bonds. The Morgan fingerprint density at radius 2 is 1.75 bits per heavy atom. The third kappa shape index (κ3) is 1.26. The van der Waals surface area contributed by atoms with Crippen LogP contribution in [0.15, 0.2) is 54.7 Å². The molecule has 3 heteroatoms. The van der Waals surface area contributed by atoms with Crippen LogP contribution in [-0.2, 0) is 0 Å². The maximum Gasteiger partial charge on any atom is 0.0761 e. The van der Waals surface area contributed by atoms with Crippen LogP contribution >= 0.6 is 0 Å². The van der Waals surface area contributed by atoms with E-state index >= 15 is 0 Å². The van der Waals surface area contributed by atoms with Gasteiger partial charge < -0.3 is 5.73 Å². The topological polar surface area (TPSA) is 43.8 Å². The summed E-state index contributed by atoms with van der Waals surface area (Å²) in [6.45, 7) is 0. The molecule has 1 aromatic heterocycles. The summed E-state index contributed by atoms with van der Waals surface area (Å²) in [5, 5.41) is 5.36. The van der Waals surface area contributed by atoms with Gasteiger partial charge in [0, 0.05) is 11.1 Å². The highest BCUT2D eigenvalue weighted by molar-refractivity contribution is 5.91. The SMILES string of the molecule is Nc1cccc2c1cnn2-c1ccccc1. The highest BCUT2D eigenvalue weighted by Crippen LogP contribution is 2.22. The van der Waals surface area contributed by atoms with E-state index in [-0.39, 0.29) is 0 Å². The third-order valence-electron chi connectivity index (χ3n) is 2.65. The predicted octanol–water partition coefficient (Wildman–Crippen LogP) is 2.61. The Balaban J connectivity index is 2.30. The second-order valence-electron chi connectivity index (χ2n) is 3.67. The van der Waals surface area contributed by atoms with Crippen LogP contribution < -0.4 is 5.73 Å². The van der Waals surface area contributed by atoms with E-state index in [9.17, 15) is 0 Å². The fraction of sp³-hybridized carbons (Fsp3) is 0. The molecule has 0 aliphatic rings. The molecule has 0 radical (unpaired) electrons. The van der Waals surface area contributed by atoms with E-state index in [0.717, 1.165) is 22.3 Å². The summed E-state index contributed by atoms with van der Waals surface area (Å²) < 4.78 is 1.89. The highest BCUT2D eigenvalue weighted by atomic mass is 15.3. The van der Waals surface area contributed by atoms with E-state index in [0.29, 0.717) is 0 Å². The van der Waals surface area contributed by atoms with Gasteiger partial charge in [0.2, 0.25) is 0 Å². The van der Waals surface area contributed by atoms with Gasteiger partial charge in [-0.3, -0.25) is 0 Å². The van der Waals surface area contributed by atoms with Gasteiger partial charge >= 0.3 is 0 Å². The molecule has 0 saturated heterocycles. The summed E-state index contributed by atoms with van der Waals surface area (Å²) in [6.07, 6.45) is 1.80. The standard InChI is InChI=1S/C13H11N3/c14-12-7-4-8-13-11(12)9-15-16(13)10-5-2-1-3-6-10/h1-9H,14H2. The minimum absolute atomic E-state index is 0.764. The molecule has 16 heavy (non-hydrogen) atoms. The molecule has 2 N–H and O–H groups in total. The number of para-hydroxylation sites is 1. The zero-order chi connectivity index (χ0) is 11.0. The van der Waals surface area contributed by atoms with Gasteiger partial charge in [0.1, 0.15) is 0 Å². The summed E-state index contributed by atoms with van der Waals surface area (Å²) >= 11 is 0. The number of aromatic nitrogens is 2. The zero-order valence-corrected chi connectivity index (χ0v) is 8.67. The molecular weight excluding hydrogens is 198 g/mol. The smallest absolute Gasteiger partial charge is 0.0761 e. The van der Waals surface area contributed by atoms with Crippen LogP contribution in [0.2, 0.25) is 0 Å². The van der Waals surface area contributed by atoms with Crippen molar-refractivity contribution in [3.8, 4) is 5.69 Å². The van der Waals surface area contributed by atoms with Crippen molar-refractivity contribution in [3.05, 3.63) is 54.7 Å². The number of fused-ring (bicyclic) bond motifs is 1. The molecular formula is C13H11N3. The summed E-state index contributed by atoms with van der Waals surface area (Å²) in [4.78, 5) is 0. The number of hydrogen-bond donors (Lipinski definition) is 1. The fourth-order valence-corrected chi connectivity index (χ4v) is 1.85. The van der Waals surface area contributed by atoms with Gasteiger partial charge in [0.25, 0.3) is 0 Å². The van der Waals surface area contributed by atoms with Gasteiger partial charge in [-0.15, -0.1) is 0 Å². The molecule has 0 aliphatic carbocycles. The maximum atomic E-state index is 5.89. The van der Waals surface area contributed by atoms with Crippen LogP contribution in [-0.4, -0.2) is 9.78 Å². The van der Waals surface area contributed by atoms with Crippen molar-refractivity contribution >= 4 is 16.6 Å². The summed E-state index contributed by atoms with van der Waals surface area (Å²) in [5.74, 6) is 0. The molecule has 2 aromatic carbocycles. The van der Waals surface area contributed by atoms with Crippen molar-refractivity contribution < 1.29 is 0 Å². The largest absolute Gasteiger partial charge is 0.398 e. The van der Waals surface area contributed by atoms with Gasteiger partial charge in [-0.1, -0.05) is 24.3 Å². The first-order chi connectivity index (χ1) is 7.86. The zero-order valence-electron chi connectivity index (χ0n) is 8.67. The van der Waals surface area contributed by atoms with E-state index in [1.807, 2.05) is 53.2 Å². The van der Waals surface area contributed by atoms with Crippen LogP contribution in [0.3, 0.4) is 0 Å². The Kier molecular flexibility index (Phi) is 1.90. The number of nitrogens with two attached hydrogens (primary N) is 1. The van der Waals surface area contributed by atoms with Gasteiger partial charge in [0.15, 0.2) is 0 Å². The third-order valence-corrected chi connectivity index (χ3v) is 2.65. The molecule has 0 saturated carbocycles. The van der Waals surface area contributed by atoms with Gasteiger partial charge in [0.05, 0.1) is 17.4 Å². The molecule has 0 aliphatic heterocycles. The minimum atomic E-state index is 0.764. The molecule has 0 unspecified atom stereocenters. The molecule has 3 rings (SSSR count). The van der Waals surface area contributed by atoms with E-state index in [2.05, 4.69) is 5.10 Å². The number of rotatable bonds is 1. The quantitative estimate of drug-likeness (QED) is 0.626. The number of hydrogen-bond acceptors (Lipinski definition) is 2. The molecule has 0 fully saturated rings.